The first-order valence-corrected chi connectivity index (χ1v) is 11.7. The summed E-state index contributed by atoms with van der Waals surface area (Å²) in [6.07, 6.45) is 0.751. The summed E-state index contributed by atoms with van der Waals surface area (Å²) in [7, 11) is -2.44. The van der Waals surface area contributed by atoms with Crippen LogP contribution >= 0.6 is 0 Å². The molecule has 0 radical (unpaired) electrons. The normalized spacial score (nSPS) is 12.4. The molecule has 0 atom stereocenters. The molecule has 0 saturated heterocycles. The molecule has 0 fully saturated rings. The fourth-order valence-corrected chi connectivity index (χ4v) is 5.24. The fourth-order valence-electron chi connectivity index (χ4n) is 3.82. The highest BCUT2D eigenvalue weighted by molar-refractivity contribution is 7.92. The van der Waals surface area contributed by atoms with Gasteiger partial charge in [-0.1, -0.05) is 38.5 Å². The van der Waals surface area contributed by atoms with Crippen molar-refractivity contribution in [3.05, 3.63) is 54.1 Å². The lowest BCUT2D eigenvalue weighted by molar-refractivity contribution is -0.121. The Bertz CT molecular complexity index is 989. The van der Waals surface area contributed by atoms with Crippen LogP contribution in [0, 0.1) is 12.3 Å². The molecule has 2 aromatic carbocycles. The summed E-state index contributed by atoms with van der Waals surface area (Å²) in [4.78, 5) is 13.0. The number of sulfonamides is 1. The smallest absolute Gasteiger partial charge is 0.264 e. The Kier molecular flexibility index (Phi) is 7.42. The van der Waals surface area contributed by atoms with Crippen molar-refractivity contribution in [1.29, 1.82) is 0 Å². The Morgan fingerprint density at radius 1 is 0.968 bits per heavy atom. The fraction of sp³-hybridized carbons (Fsp3) is 0.458. The molecular weight excluding hydrogens is 412 g/mol. The lowest BCUT2D eigenvalue weighted by Crippen LogP contribution is -2.50. The number of hydrogen-bond donors (Lipinski definition) is 1. The van der Waals surface area contributed by atoms with Crippen LogP contribution in [0.3, 0.4) is 0 Å². The van der Waals surface area contributed by atoms with E-state index in [9.17, 15) is 13.2 Å². The van der Waals surface area contributed by atoms with Gasteiger partial charge >= 0.3 is 0 Å². The first kappa shape index (κ1) is 24.7. The van der Waals surface area contributed by atoms with E-state index >= 15 is 0 Å². The maximum absolute atomic E-state index is 13.5. The minimum absolute atomic E-state index is 0.0165. The molecule has 0 saturated carbocycles. The largest absolute Gasteiger partial charge is 0.497 e. The molecule has 1 amide bonds. The summed E-state index contributed by atoms with van der Waals surface area (Å²) >= 11 is 0. The molecule has 170 valence electrons. The molecule has 6 nitrogen and oxygen atoms in total. The third-order valence-electron chi connectivity index (χ3n) is 4.71. The molecule has 0 spiro atoms. The Morgan fingerprint density at radius 2 is 1.52 bits per heavy atom. The first-order chi connectivity index (χ1) is 14.2. The van der Waals surface area contributed by atoms with Crippen molar-refractivity contribution in [3.8, 4) is 5.75 Å². The number of hydrogen-bond acceptors (Lipinski definition) is 4. The third kappa shape index (κ3) is 6.99. The summed E-state index contributed by atoms with van der Waals surface area (Å²) in [6.45, 7) is 11.8. The van der Waals surface area contributed by atoms with E-state index in [1.54, 1.807) is 24.3 Å². The zero-order chi connectivity index (χ0) is 23.4. The molecular formula is C24H34N2O4S. The van der Waals surface area contributed by atoms with Gasteiger partial charge < -0.3 is 10.1 Å². The average molecular weight is 447 g/mol. The lowest BCUT2D eigenvalue weighted by Gasteiger charge is -2.34. The van der Waals surface area contributed by atoms with Gasteiger partial charge in [0.25, 0.3) is 10.0 Å². The summed E-state index contributed by atoms with van der Waals surface area (Å²) in [5, 5.41) is 3.00. The van der Waals surface area contributed by atoms with E-state index in [1.165, 1.54) is 19.2 Å². The summed E-state index contributed by atoms with van der Waals surface area (Å²) in [5.41, 5.74) is 0.979. The zero-order valence-corrected chi connectivity index (χ0v) is 20.3. The molecule has 31 heavy (non-hydrogen) atoms. The number of anilines is 1. The number of benzene rings is 2. The van der Waals surface area contributed by atoms with Gasteiger partial charge in [0.15, 0.2) is 0 Å². The second-order valence-electron chi connectivity index (χ2n) is 9.69. The number of carbonyl (C=O) groups excluding carboxylic acids is 1. The number of carbonyl (C=O) groups is 1. The standard InChI is InChI=1S/C24H34N2O4S/c1-18-8-10-19(11-9-18)26(16-22(27)25-24(5,6)17-23(2,3)4)31(28,29)21-14-12-20(30-7)13-15-21/h8-15H,16-17H2,1-7H3,(H,25,27). The van der Waals surface area contributed by atoms with Gasteiger partial charge in [0.2, 0.25) is 5.91 Å². The minimum Gasteiger partial charge on any atom is -0.497 e. The van der Waals surface area contributed by atoms with E-state index in [4.69, 9.17) is 4.74 Å². The number of rotatable bonds is 8. The summed E-state index contributed by atoms with van der Waals surface area (Å²) in [5.74, 6) is 0.203. The van der Waals surface area contributed by atoms with Crippen LogP contribution in [-0.4, -0.2) is 33.5 Å². The second-order valence-corrected chi connectivity index (χ2v) is 11.6. The maximum atomic E-state index is 13.5. The topological polar surface area (TPSA) is 75.7 Å². The number of nitrogens with one attached hydrogen (secondary N) is 1. The van der Waals surface area contributed by atoms with E-state index in [1.807, 2.05) is 32.9 Å². The van der Waals surface area contributed by atoms with Crippen LogP contribution in [0.25, 0.3) is 0 Å². The highest BCUT2D eigenvalue weighted by Gasteiger charge is 2.31. The van der Waals surface area contributed by atoms with Crippen LogP contribution in [0.15, 0.2) is 53.4 Å². The summed E-state index contributed by atoms with van der Waals surface area (Å²) < 4.78 is 33.2. The van der Waals surface area contributed by atoms with Gasteiger partial charge in [-0.2, -0.15) is 0 Å². The molecule has 0 unspecified atom stereocenters. The molecule has 2 aromatic rings. The Labute approximate surface area is 186 Å². The van der Waals surface area contributed by atoms with Crippen LogP contribution in [0.1, 0.15) is 46.6 Å². The van der Waals surface area contributed by atoms with Crippen molar-refractivity contribution in [3.63, 3.8) is 0 Å². The van der Waals surface area contributed by atoms with Gasteiger partial charge in [0.1, 0.15) is 12.3 Å². The molecule has 0 aliphatic rings. The zero-order valence-electron chi connectivity index (χ0n) is 19.5. The van der Waals surface area contributed by atoms with Crippen molar-refractivity contribution >= 4 is 21.6 Å². The van der Waals surface area contributed by atoms with E-state index < -0.39 is 15.6 Å². The van der Waals surface area contributed by atoms with Gasteiger partial charge in [-0.15, -0.1) is 0 Å². The van der Waals surface area contributed by atoms with Crippen LogP contribution in [0.2, 0.25) is 0 Å². The number of amides is 1. The molecule has 0 aliphatic heterocycles. The molecule has 0 heterocycles. The lowest BCUT2D eigenvalue weighted by atomic mass is 9.82. The van der Waals surface area contributed by atoms with Crippen LogP contribution in [0.5, 0.6) is 5.75 Å². The highest BCUT2D eigenvalue weighted by Crippen LogP contribution is 2.28. The molecule has 1 N–H and O–H groups in total. The van der Waals surface area contributed by atoms with Crippen LogP contribution in [0.4, 0.5) is 5.69 Å². The third-order valence-corrected chi connectivity index (χ3v) is 6.49. The van der Waals surface area contributed by atoms with Crippen molar-refractivity contribution in [2.75, 3.05) is 18.0 Å². The van der Waals surface area contributed by atoms with Crippen molar-refractivity contribution < 1.29 is 17.9 Å². The van der Waals surface area contributed by atoms with Crippen molar-refractivity contribution in [2.45, 2.75) is 58.4 Å². The van der Waals surface area contributed by atoms with Gasteiger partial charge in [-0.05, 0) is 69.0 Å². The molecule has 0 aromatic heterocycles. The van der Waals surface area contributed by atoms with Crippen LogP contribution < -0.4 is 14.4 Å². The maximum Gasteiger partial charge on any atom is 0.264 e. The van der Waals surface area contributed by atoms with Crippen LogP contribution in [-0.2, 0) is 14.8 Å². The Hall–Kier alpha value is -2.54. The average Bonchev–Trinajstić information content (AvgIpc) is 2.64. The monoisotopic (exact) mass is 446 g/mol. The SMILES string of the molecule is COc1ccc(S(=O)(=O)N(CC(=O)NC(C)(C)CC(C)(C)C)c2ccc(C)cc2)cc1. The summed E-state index contributed by atoms with van der Waals surface area (Å²) in [6, 6.07) is 13.2. The predicted molar refractivity (Wildman–Crippen MR) is 125 cm³/mol. The number of ether oxygens (including phenoxy) is 1. The molecule has 2 rings (SSSR count). The predicted octanol–water partition coefficient (Wildman–Crippen LogP) is 4.53. The Balaban J connectivity index is 2.37. The van der Waals surface area contributed by atoms with Crippen molar-refractivity contribution in [2.24, 2.45) is 5.41 Å². The van der Waals surface area contributed by atoms with E-state index in [0.717, 1.165) is 16.3 Å². The van der Waals surface area contributed by atoms with E-state index in [2.05, 4.69) is 26.1 Å². The Morgan fingerprint density at radius 3 is 2.00 bits per heavy atom. The van der Waals surface area contributed by atoms with Gasteiger partial charge in [0, 0.05) is 5.54 Å². The van der Waals surface area contributed by atoms with Gasteiger partial charge in [-0.25, -0.2) is 8.42 Å². The number of aryl methyl sites for hydroxylation is 1. The molecule has 0 bridgehead atoms. The quantitative estimate of drug-likeness (QED) is 0.646. The number of methoxy groups -OCH3 is 1. The first-order valence-electron chi connectivity index (χ1n) is 10.3. The van der Waals surface area contributed by atoms with E-state index in [0.29, 0.717) is 11.4 Å². The highest BCUT2D eigenvalue weighted by atomic mass is 32.2. The van der Waals surface area contributed by atoms with Gasteiger partial charge in [-0.3, -0.25) is 9.10 Å². The van der Waals surface area contributed by atoms with E-state index in [-0.39, 0.29) is 22.8 Å². The number of nitrogens with zero attached hydrogens (tertiary/aromatic N) is 1. The van der Waals surface area contributed by atoms with Gasteiger partial charge in [0.05, 0.1) is 17.7 Å². The second kappa shape index (κ2) is 9.30. The van der Waals surface area contributed by atoms with Crippen molar-refractivity contribution in [1.82, 2.24) is 5.32 Å². The minimum atomic E-state index is -3.96. The molecule has 0 aliphatic carbocycles. The molecule has 7 heteroatoms.